The Morgan fingerprint density at radius 1 is 0.913 bits per heavy atom. The van der Waals surface area contributed by atoms with Gasteiger partial charge in [-0.15, -0.1) is 0 Å². The lowest BCUT2D eigenvalue weighted by Crippen LogP contribution is -2.02. The third-order valence-corrected chi connectivity index (χ3v) is 3.33. The van der Waals surface area contributed by atoms with E-state index in [1.807, 2.05) is 0 Å². The third kappa shape index (κ3) is 5.09. The molecular weight excluding hydrogens is 305 g/mol. The number of halogens is 4. The van der Waals surface area contributed by atoms with Gasteiger partial charge in [-0.1, -0.05) is 42.0 Å². The second-order valence-electron chi connectivity index (χ2n) is 5.26. The Morgan fingerprint density at radius 2 is 1.48 bits per heavy atom. The summed E-state index contributed by atoms with van der Waals surface area (Å²) < 4.78 is 41.2. The first-order valence-corrected chi connectivity index (χ1v) is 7.07. The van der Waals surface area contributed by atoms with Gasteiger partial charge in [-0.25, -0.2) is 4.58 Å². The van der Waals surface area contributed by atoms with E-state index in [1.54, 1.807) is 0 Å². The first-order valence-electron chi connectivity index (χ1n) is 7.07. The van der Waals surface area contributed by atoms with Gasteiger partial charge in [-0.05, 0) is 24.6 Å². The van der Waals surface area contributed by atoms with Crippen LogP contribution in [0.1, 0.15) is 16.7 Å². The van der Waals surface area contributed by atoms with Gasteiger partial charge >= 0.3 is 7.25 Å². The molecular formula is C17H16BF4N. The molecule has 3 rings (SSSR count). The molecule has 1 aliphatic rings. The lowest BCUT2D eigenvalue weighted by Gasteiger charge is -1.97. The largest absolute Gasteiger partial charge is 0.673 e. The van der Waals surface area contributed by atoms with E-state index in [9.17, 15) is 17.3 Å². The van der Waals surface area contributed by atoms with Crippen LogP contribution in [0.3, 0.4) is 0 Å². The van der Waals surface area contributed by atoms with Gasteiger partial charge in [0.1, 0.15) is 7.05 Å². The molecule has 2 aromatic rings. The summed E-state index contributed by atoms with van der Waals surface area (Å²) in [6.07, 6.45) is 4.42. The molecule has 2 aromatic carbocycles. The van der Waals surface area contributed by atoms with Crippen LogP contribution in [0, 0.1) is 6.92 Å². The minimum Gasteiger partial charge on any atom is -0.418 e. The molecule has 0 N–H and O–H groups in total. The van der Waals surface area contributed by atoms with Crippen molar-refractivity contribution in [2.75, 3.05) is 7.05 Å². The summed E-state index contributed by atoms with van der Waals surface area (Å²) in [7, 11) is -3.91. The zero-order chi connectivity index (χ0) is 17.0. The predicted molar refractivity (Wildman–Crippen MR) is 87.6 cm³/mol. The van der Waals surface area contributed by atoms with Crippen molar-refractivity contribution in [1.29, 1.82) is 0 Å². The quantitative estimate of drug-likeness (QED) is 0.386. The average Bonchev–Trinajstić information content (AvgIpc) is 2.77. The average molecular weight is 321 g/mol. The van der Waals surface area contributed by atoms with Crippen LogP contribution in [0.5, 0.6) is 0 Å². The number of hydrogen-bond donors (Lipinski definition) is 0. The smallest absolute Gasteiger partial charge is 0.418 e. The Hall–Kier alpha value is -2.37. The highest BCUT2D eigenvalue weighted by Gasteiger charge is 2.22. The molecule has 6 heteroatoms. The number of rotatable bonds is 1. The standard InChI is InChI=1S/C17H16N.BF4/c1-13-7-9-14(10-8-13)11-15-12-18(2)17-6-4-3-5-16(15)17;2-1(3,4)5/h3-12H,1-2H3;/q+1;-1/b15-11+;. The molecule has 0 bridgehead atoms. The summed E-state index contributed by atoms with van der Waals surface area (Å²) in [4.78, 5) is 0. The highest BCUT2D eigenvalue weighted by molar-refractivity contribution is 6.50. The molecule has 1 nitrogen and oxygen atoms in total. The van der Waals surface area contributed by atoms with E-state index in [0.29, 0.717) is 0 Å². The minimum absolute atomic E-state index is 1.25. The fraction of sp³-hybridized carbons (Fsp3) is 0.118. The molecule has 0 amide bonds. The van der Waals surface area contributed by atoms with E-state index in [-0.39, 0.29) is 0 Å². The van der Waals surface area contributed by atoms with Crippen LogP contribution in [0.4, 0.5) is 23.0 Å². The molecule has 0 saturated heterocycles. The zero-order valence-electron chi connectivity index (χ0n) is 12.8. The summed E-state index contributed by atoms with van der Waals surface area (Å²) in [5, 5.41) is 0. The van der Waals surface area contributed by atoms with Crippen molar-refractivity contribution in [2.45, 2.75) is 6.92 Å². The van der Waals surface area contributed by atoms with Gasteiger partial charge in [0.25, 0.3) is 0 Å². The Kier molecular flexibility index (Phi) is 5.03. The SMILES string of the molecule is Cc1ccc(/C=C2\C=[N+](C)c3ccccc32)cc1.F[B-](F)(F)F. The summed E-state index contributed by atoms with van der Waals surface area (Å²) in [6.45, 7) is 2.11. The topological polar surface area (TPSA) is 3.01 Å². The number of nitrogens with zero attached hydrogens (tertiary/aromatic N) is 1. The summed E-state index contributed by atoms with van der Waals surface area (Å²) in [5.74, 6) is 0. The van der Waals surface area contributed by atoms with Crippen molar-refractivity contribution in [3.63, 3.8) is 0 Å². The van der Waals surface area contributed by atoms with Gasteiger partial charge in [-0.3, -0.25) is 0 Å². The molecule has 0 saturated carbocycles. The van der Waals surface area contributed by atoms with Gasteiger partial charge in [0.2, 0.25) is 5.69 Å². The number of allylic oxidation sites excluding steroid dienone is 1. The maximum absolute atomic E-state index is 9.75. The van der Waals surface area contributed by atoms with Crippen molar-refractivity contribution < 1.29 is 21.8 Å². The predicted octanol–water partition coefficient (Wildman–Crippen LogP) is 5.19. The van der Waals surface area contributed by atoms with Crippen molar-refractivity contribution in [3.8, 4) is 0 Å². The monoisotopic (exact) mass is 321 g/mol. The van der Waals surface area contributed by atoms with E-state index in [1.165, 1.54) is 28.0 Å². The summed E-state index contributed by atoms with van der Waals surface area (Å²) >= 11 is 0. The maximum Gasteiger partial charge on any atom is 0.673 e. The highest BCUT2D eigenvalue weighted by atomic mass is 19.5. The normalized spacial score (nSPS) is 14.9. The molecule has 0 fully saturated rings. The number of hydrogen-bond acceptors (Lipinski definition) is 0. The van der Waals surface area contributed by atoms with Crippen LogP contribution in [0.2, 0.25) is 0 Å². The number of fused-ring (bicyclic) bond motifs is 1. The fourth-order valence-corrected chi connectivity index (χ4v) is 2.33. The maximum atomic E-state index is 9.75. The van der Waals surface area contributed by atoms with Crippen molar-refractivity contribution in [3.05, 3.63) is 65.2 Å². The first kappa shape index (κ1) is 17.0. The van der Waals surface area contributed by atoms with Gasteiger partial charge in [0.15, 0.2) is 6.21 Å². The van der Waals surface area contributed by atoms with Crippen LogP contribution in [0.15, 0.2) is 48.5 Å². The molecule has 0 unspecified atom stereocenters. The number of aryl methyl sites for hydroxylation is 1. The molecule has 23 heavy (non-hydrogen) atoms. The Bertz CT molecular complexity index is 740. The molecule has 0 radical (unpaired) electrons. The molecule has 0 atom stereocenters. The fourth-order valence-electron chi connectivity index (χ4n) is 2.33. The van der Waals surface area contributed by atoms with Gasteiger partial charge in [-0.2, -0.15) is 0 Å². The lowest BCUT2D eigenvalue weighted by molar-refractivity contribution is -0.395. The Balaban J connectivity index is 0.000000338. The zero-order valence-corrected chi connectivity index (χ0v) is 12.8. The van der Waals surface area contributed by atoms with Crippen LogP contribution < -0.4 is 0 Å². The van der Waals surface area contributed by atoms with Gasteiger partial charge < -0.3 is 17.3 Å². The van der Waals surface area contributed by atoms with Crippen LogP contribution >= 0.6 is 0 Å². The third-order valence-electron chi connectivity index (χ3n) is 3.33. The lowest BCUT2D eigenvalue weighted by atomic mass is 10.0. The minimum atomic E-state index is -6.00. The molecule has 1 heterocycles. The van der Waals surface area contributed by atoms with E-state index in [2.05, 4.69) is 79.4 Å². The number of para-hydroxylation sites is 1. The molecule has 0 aliphatic carbocycles. The van der Waals surface area contributed by atoms with E-state index in [0.717, 1.165) is 0 Å². The van der Waals surface area contributed by atoms with E-state index >= 15 is 0 Å². The van der Waals surface area contributed by atoms with Crippen molar-refractivity contribution in [1.82, 2.24) is 0 Å². The molecule has 1 aliphatic heterocycles. The van der Waals surface area contributed by atoms with Crippen LogP contribution in [-0.2, 0) is 0 Å². The van der Waals surface area contributed by atoms with Crippen molar-refractivity contribution in [2.24, 2.45) is 0 Å². The van der Waals surface area contributed by atoms with Gasteiger partial charge in [0.05, 0.1) is 11.1 Å². The van der Waals surface area contributed by atoms with Gasteiger partial charge in [0, 0.05) is 6.07 Å². The van der Waals surface area contributed by atoms with Crippen molar-refractivity contribution >= 4 is 30.8 Å². The number of benzene rings is 2. The molecule has 120 valence electrons. The van der Waals surface area contributed by atoms with E-state index < -0.39 is 7.25 Å². The second kappa shape index (κ2) is 6.81. The summed E-state index contributed by atoms with van der Waals surface area (Å²) in [5.41, 5.74) is 6.40. The Labute approximate surface area is 132 Å². The Morgan fingerprint density at radius 3 is 2.09 bits per heavy atom. The van der Waals surface area contributed by atoms with E-state index in [4.69, 9.17) is 0 Å². The van der Waals surface area contributed by atoms with Crippen LogP contribution in [-0.4, -0.2) is 25.1 Å². The first-order chi connectivity index (χ1) is 10.7. The summed E-state index contributed by atoms with van der Waals surface area (Å²) in [6, 6.07) is 17.1. The second-order valence-corrected chi connectivity index (χ2v) is 5.26. The van der Waals surface area contributed by atoms with Crippen LogP contribution in [0.25, 0.3) is 11.6 Å². The molecule has 0 aromatic heterocycles. The molecule has 0 spiro atoms. The highest BCUT2D eigenvalue weighted by Crippen LogP contribution is 2.31.